The Labute approximate surface area is 105 Å². The molecule has 0 aromatic heterocycles. The van der Waals surface area contributed by atoms with Crippen LogP contribution in [-0.4, -0.2) is 19.6 Å². The molecule has 1 unspecified atom stereocenters. The normalized spacial score (nSPS) is 12.2. The Kier molecular flexibility index (Phi) is 5.06. The molecule has 1 aromatic rings. The van der Waals surface area contributed by atoms with Gasteiger partial charge in [0.1, 0.15) is 6.04 Å². The average molecular weight is 262 g/mol. The van der Waals surface area contributed by atoms with Crippen LogP contribution in [0.1, 0.15) is 18.5 Å². The minimum absolute atomic E-state index is 0.369. The summed E-state index contributed by atoms with van der Waals surface area (Å²) in [7, 11) is 1.34. The first-order valence-corrected chi connectivity index (χ1v) is 5.62. The second kappa shape index (κ2) is 6.09. The number of esters is 1. The van der Waals surface area contributed by atoms with Gasteiger partial charge in [-0.25, -0.2) is 4.79 Å². The van der Waals surface area contributed by atoms with Crippen LogP contribution in [0, 0.1) is 0 Å². The molecule has 5 heteroatoms. The average Bonchev–Trinajstić information content (AvgIpc) is 2.26. The monoisotopic (exact) mass is 261 g/mol. The van der Waals surface area contributed by atoms with Crippen molar-refractivity contribution in [1.29, 1.82) is 0 Å². The van der Waals surface area contributed by atoms with Crippen LogP contribution in [-0.2, 0) is 9.53 Å². The van der Waals surface area contributed by atoms with E-state index in [0.29, 0.717) is 22.2 Å². The van der Waals surface area contributed by atoms with Crippen molar-refractivity contribution < 1.29 is 9.53 Å². The summed E-state index contributed by atoms with van der Waals surface area (Å²) in [5, 5.41) is 3.99. The van der Waals surface area contributed by atoms with Crippen LogP contribution in [0.25, 0.3) is 0 Å². The highest BCUT2D eigenvalue weighted by Crippen LogP contribution is 2.26. The van der Waals surface area contributed by atoms with Gasteiger partial charge in [0.2, 0.25) is 0 Å². The largest absolute Gasteiger partial charge is 0.468 e. The fourth-order valence-electron chi connectivity index (χ4n) is 1.38. The molecule has 0 radical (unpaired) electrons. The molecule has 1 atom stereocenters. The van der Waals surface area contributed by atoms with Crippen molar-refractivity contribution in [2.75, 3.05) is 13.7 Å². The second-order valence-electron chi connectivity index (χ2n) is 3.18. The number of rotatable bonds is 4. The maximum absolute atomic E-state index is 11.6. The van der Waals surface area contributed by atoms with Crippen molar-refractivity contribution in [3.63, 3.8) is 0 Å². The molecule has 0 amide bonds. The molecular weight excluding hydrogens is 249 g/mol. The molecule has 0 aliphatic heterocycles. The zero-order valence-corrected chi connectivity index (χ0v) is 10.6. The van der Waals surface area contributed by atoms with Gasteiger partial charge in [0, 0.05) is 10.0 Å². The summed E-state index contributed by atoms with van der Waals surface area (Å²) in [5.41, 5.74) is 0.666. The van der Waals surface area contributed by atoms with E-state index >= 15 is 0 Å². The van der Waals surface area contributed by atoms with Gasteiger partial charge in [-0.3, -0.25) is 0 Å². The van der Waals surface area contributed by atoms with Crippen LogP contribution in [0.4, 0.5) is 0 Å². The summed E-state index contributed by atoms with van der Waals surface area (Å²) in [6, 6.07) is 4.45. The van der Waals surface area contributed by atoms with Gasteiger partial charge in [0.15, 0.2) is 0 Å². The predicted octanol–water partition coefficient (Wildman–Crippen LogP) is 2.82. The molecule has 0 heterocycles. The first-order valence-electron chi connectivity index (χ1n) is 4.86. The maximum atomic E-state index is 11.6. The molecule has 16 heavy (non-hydrogen) atoms. The van der Waals surface area contributed by atoms with E-state index in [0.717, 1.165) is 0 Å². The van der Waals surface area contributed by atoms with Crippen molar-refractivity contribution in [1.82, 2.24) is 5.32 Å². The van der Waals surface area contributed by atoms with E-state index in [4.69, 9.17) is 27.9 Å². The molecular formula is C11H13Cl2NO2. The van der Waals surface area contributed by atoms with Crippen molar-refractivity contribution in [3.05, 3.63) is 33.8 Å². The lowest BCUT2D eigenvalue weighted by Crippen LogP contribution is -2.29. The van der Waals surface area contributed by atoms with E-state index in [1.807, 2.05) is 6.92 Å². The number of benzene rings is 1. The standard InChI is InChI=1S/C11H13Cl2NO2/c1-3-14-10(11(15)16-2)8-5-4-7(12)6-9(8)13/h4-6,10,14H,3H2,1-2H3. The summed E-state index contributed by atoms with van der Waals surface area (Å²) >= 11 is 11.8. The molecule has 1 aromatic carbocycles. The topological polar surface area (TPSA) is 38.3 Å². The highest BCUT2D eigenvalue weighted by molar-refractivity contribution is 6.35. The van der Waals surface area contributed by atoms with Gasteiger partial charge < -0.3 is 10.1 Å². The number of halogens is 2. The summed E-state index contributed by atoms with van der Waals surface area (Å²) in [5.74, 6) is -0.369. The summed E-state index contributed by atoms with van der Waals surface area (Å²) in [4.78, 5) is 11.6. The van der Waals surface area contributed by atoms with Gasteiger partial charge in [-0.15, -0.1) is 0 Å². The van der Waals surface area contributed by atoms with Gasteiger partial charge in [-0.05, 0) is 24.2 Å². The highest BCUT2D eigenvalue weighted by Gasteiger charge is 2.22. The number of ether oxygens (including phenoxy) is 1. The Morgan fingerprint density at radius 3 is 2.69 bits per heavy atom. The third-order valence-corrected chi connectivity index (χ3v) is 2.68. The van der Waals surface area contributed by atoms with Crippen LogP contribution in [0.3, 0.4) is 0 Å². The lowest BCUT2D eigenvalue weighted by atomic mass is 10.1. The number of hydrogen-bond donors (Lipinski definition) is 1. The van der Waals surface area contributed by atoms with E-state index < -0.39 is 6.04 Å². The minimum Gasteiger partial charge on any atom is -0.468 e. The maximum Gasteiger partial charge on any atom is 0.327 e. The van der Waals surface area contributed by atoms with Crippen molar-refractivity contribution in [2.24, 2.45) is 0 Å². The molecule has 0 saturated heterocycles. The highest BCUT2D eigenvalue weighted by atomic mass is 35.5. The van der Waals surface area contributed by atoms with E-state index in [1.165, 1.54) is 7.11 Å². The molecule has 0 bridgehead atoms. The molecule has 0 spiro atoms. The molecule has 0 saturated carbocycles. The SMILES string of the molecule is CCNC(C(=O)OC)c1ccc(Cl)cc1Cl. The van der Waals surface area contributed by atoms with Gasteiger partial charge in [-0.2, -0.15) is 0 Å². The van der Waals surface area contributed by atoms with Crippen LogP contribution in [0.15, 0.2) is 18.2 Å². The molecule has 0 aliphatic carbocycles. The minimum atomic E-state index is -0.556. The summed E-state index contributed by atoms with van der Waals surface area (Å²) in [6.07, 6.45) is 0. The Morgan fingerprint density at radius 2 is 2.19 bits per heavy atom. The number of carbonyl (C=O) groups is 1. The molecule has 0 aliphatic rings. The lowest BCUT2D eigenvalue weighted by Gasteiger charge is -2.17. The first kappa shape index (κ1) is 13.3. The van der Waals surface area contributed by atoms with Crippen molar-refractivity contribution >= 4 is 29.2 Å². The van der Waals surface area contributed by atoms with Crippen LogP contribution >= 0.6 is 23.2 Å². The Morgan fingerprint density at radius 1 is 1.50 bits per heavy atom. The second-order valence-corrected chi connectivity index (χ2v) is 4.02. The van der Waals surface area contributed by atoms with Gasteiger partial charge in [0.25, 0.3) is 0 Å². The Balaban J connectivity index is 3.05. The van der Waals surface area contributed by atoms with E-state index in [2.05, 4.69) is 5.32 Å². The van der Waals surface area contributed by atoms with Crippen LogP contribution in [0.2, 0.25) is 10.0 Å². The van der Waals surface area contributed by atoms with Gasteiger partial charge in [-0.1, -0.05) is 36.2 Å². The summed E-state index contributed by atoms with van der Waals surface area (Å²) in [6.45, 7) is 2.54. The fraction of sp³-hybridized carbons (Fsp3) is 0.364. The van der Waals surface area contributed by atoms with Crippen molar-refractivity contribution in [2.45, 2.75) is 13.0 Å². The third kappa shape index (κ3) is 3.11. The smallest absolute Gasteiger partial charge is 0.327 e. The molecule has 3 nitrogen and oxygen atoms in total. The number of likely N-dealkylation sites (N-methyl/N-ethyl adjacent to an activating group) is 1. The molecule has 1 rings (SSSR count). The summed E-state index contributed by atoms with van der Waals surface area (Å²) < 4.78 is 4.71. The third-order valence-electron chi connectivity index (χ3n) is 2.12. The van der Waals surface area contributed by atoms with Gasteiger partial charge in [0.05, 0.1) is 7.11 Å². The van der Waals surface area contributed by atoms with E-state index in [1.54, 1.807) is 18.2 Å². The predicted molar refractivity (Wildman–Crippen MR) is 64.9 cm³/mol. The fourth-order valence-corrected chi connectivity index (χ4v) is 1.90. The molecule has 0 fully saturated rings. The number of hydrogen-bond acceptors (Lipinski definition) is 3. The quantitative estimate of drug-likeness (QED) is 0.848. The van der Waals surface area contributed by atoms with Crippen LogP contribution in [0.5, 0.6) is 0 Å². The number of methoxy groups -OCH3 is 1. The molecule has 88 valence electrons. The van der Waals surface area contributed by atoms with E-state index in [9.17, 15) is 4.79 Å². The lowest BCUT2D eigenvalue weighted by molar-refractivity contribution is -0.143. The number of nitrogens with one attached hydrogen (secondary N) is 1. The zero-order valence-electron chi connectivity index (χ0n) is 9.09. The van der Waals surface area contributed by atoms with E-state index in [-0.39, 0.29) is 5.97 Å². The van der Waals surface area contributed by atoms with Crippen molar-refractivity contribution in [3.8, 4) is 0 Å². The number of carbonyl (C=O) groups excluding carboxylic acids is 1. The van der Waals surface area contributed by atoms with Crippen LogP contribution < -0.4 is 5.32 Å². The van der Waals surface area contributed by atoms with Gasteiger partial charge >= 0.3 is 5.97 Å². The Hall–Kier alpha value is -0.770. The molecule has 1 N–H and O–H groups in total. The zero-order chi connectivity index (χ0) is 12.1. The Bertz CT molecular complexity index is 382. The first-order chi connectivity index (χ1) is 7.60.